The molecule has 0 unspecified atom stereocenters. The number of rotatable bonds is 9. The first-order chi connectivity index (χ1) is 12.0. The van der Waals surface area contributed by atoms with Crippen molar-refractivity contribution in [2.24, 2.45) is 0 Å². The Morgan fingerprint density at radius 1 is 1.04 bits per heavy atom. The van der Waals surface area contributed by atoms with Crippen LogP contribution in [0.3, 0.4) is 0 Å². The first-order valence-electron chi connectivity index (χ1n) is 8.46. The molecule has 6 heteroatoms. The van der Waals surface area contributed by atoms with E-state index >= 15 is 0 Å². The highest BCUT2D eigenvalue weighted by Crippen LogP contribution is 2.19. The zero-order valence-electron chi connectivity index (χ0n) is 15.0. The molecule has 0 spiro atoms. The zero-order chi connectivity index (χ0) is 18.3. The van der Waals surface area contributed by atoms with E-state index in [2.05, 4.69) is 23.5 Å². The maximum atomic E-state index is 12.3. The number of sulfonamides is 1. The molecule has 0 atom stereocenters. The van der Waals surface area contributed by atoms with Gasteiger partial charge in [-0.15, -0.1) is 0 Å². The van der Waals surface area contributed by atoms with Crippen LogP contribution in [0.2, 0.25) is 0 Å². The van der Waals surface area contributed by atoms with E-state index in [9.17, 15) is 8.42 Å². The molecule has 0 heterocycles. The van der Waals surface area contributed by atoms with Crippen molar-refractivity contribution in [2.75, 3.05) is 35.6 Å². The Bertz CT molecular complexity index is 770. The molecule has 2 aromatic rings. The van der Waals surface area contributed by atoms with Crippen molar-refractivity contribution >= 4 is 21.4 Å². The molecule has 0 aliphatic carbocycles. The maximum absolute atomic E-state index is 12.3. The number of nitrogens with one attached hydrogen (secondary N) is 1. The Labute approximate surface area is 150 Å². The monoisotopic (exact) mass is 362 g/mol. The topological polar surface area (TPSA) is 58.6 Å². The largest absolute Gasteiger partial charge is 0.497 e. The van der Waals surface area contributed by atoms with Crippen molar-refractivity contribution in [3.63, 3.8) is 0 Å². The number of nitrogens with zero attached hydrogens (tertiary/aromatic N) is 1. The third kappa shape index (κ3) is 5.67. The van der Waals surface area contributed by atoms with E-state index in [1.807, 2.05) is 36.4 Å². The lowest BCUT2D eigenvalue weighted by Gasteiger charge is -2.21. The third-order valence-corrected chi connectivity index (χ3v) is 5.35. The maximum Gasteiger partial charge on any atom is 0.233 e. The fourth-order valence-electron chi connectivity index (χ4n) is 2.64. The van der Waals surface area contributed by atoms with Crippen LogP contribution in [-0.4, -0.2) is 34.4 Å². The van der Waals surface area contributed by atoms with Crippen LogP contribution in [0.5, 0.6) is 5.75 Å². The summed E-state index contributed by atoms with van der Waals surface area (Å²) in [6.45, 7) is 6.03. The first-order valence-corrected chi connectivity index (χ1v) is 10.1. The number of anilines is 2. The Balaban J connectivity index is 1.98. The summed E-state index contributed by atoms with van der Waals surface area (Å²) in [4.78, 5) is 2.21. The molecule has 0 aliphatic heterocycles. The van der Waals surface area contributed by atoms with Gasteiger partial charge in [0.1, 0.15) is 5.75 Å². The number of hydrogen-bond acceptors (Lipinski definition) is 4. The Hall–Kier alpha value is -2.21. The minimum absolute atomic E-state index is 0.0258. The van der Waals surface area contributed by atoms with E-state index < -0.39 is 10.0 Å². The molecule has 0 fully saturated rings. The summed E-state index contributed by atoms with van der Waals surface area (Å²) in [7, 11) is -1.80. The van der Waals surface area contributed by atoms with Gasteiger partial charge in [0.25, 0.3) is 0 Å². The number of aryl methyl sites for hydroxylation is 1. The lowest BCUT2D eigenvalue weighted by molar-refractivity contribution is 0.414. The highest BCUT2D eigenvalue weighted by Gasteiger charge is 2.11. The summed E-state index contributed by atoms with van der Waals surface area (Å²) in [6.07, 6.45) is 0.435. The van der Waals surface area contributed by atoms with Crippen LogP contribution in [0.15, 0.2) is 48.5 Å². The van der Waals surface area contributed by atoms with Gasteiger partial charge >= 0.3 is 0 Å². The van der Waals surface area contributed by atoms with Gasteiger partial charge in [0.05, 0.1) is 12.9 Å². The van der Waals surface area contributed by atoms with Gasteiger partial charge in [-0.3, -0.25) is 4.72 Å². The van der Waals surface area contributed by atoms with E-state index in [0.717, 1.165) is 30.1 Å². The van der Waals surface area contributed by atoms with Crippen molar-refractivity contribution in [3.05, 3.63) is 54.1 Å². The summed E-state index contributed by atoms with van der Waals surface area (Å²) >= 11 is 0. The smallest absolute Gasteiger partial charge is 0.233 e. The second-order valence-electron chi connectivity index (χ2n) is 5.74. The van der Waals surface area contributed by atoms with Crippen molar-refractivity contribution in [1.82, 2.24) is 0 Å². The second-order valence-corrected chi connectivity index (χ2v) is 7.58. The molecule has 0 aliphatic rings. The molecule has 0 amide bonds. The number of ether oxygens (including phenoxy) is 1. The molecule has 5 nitrogen and oxygen atoms in total. The predicted octanol–water partition coefficient (Wildman–Crippen LogP) is 3.53. The van der Waals surface area contributed by atoms with Gasteiger partial charge in [-0.2, -0.15) is 0 Å². The minimum atomic E-state index is -3.40. The van der Waals surface area contributed by atoms with E-state index in [4.69, 9.17) is 4.74 Å². The fourth-order valence-corrected chi connectivity index (χ4v) is 3.74. The molecule has 136 valence electrons. The SMILES string of the molecule is CCN(CC)c1ccc(NS(=O)(=O)CCc2cccc(OC)c2)cc1. The summed E-state index contributed by atoms with van der Waals surface area (Å²) in [5, 5.41) is 0. The molecular formula is C19H26N2O3S. The highest BCUT2D eigenvalue weighted by atomic mass is 32.2. The Morgan fingerprint density at radius 2 is 1.72 bits per heavy atom. The number of methoxy groups -OCH3 is 1. The van der Waals surface area contributed by atoms with Gasteiger partial charge in [0.15, 0.2) is 0 Å². The lowest BCUT2D eigenvalue weighted by Crippen LogP contribution is -2.22. The molecule has 0 aromatic heterocycles. The first kappa shape index (κ1) is 19.1. The zero-order valence-corrected chi connectivity index (χ0v) is 15.8. The molecule has 25 heavy (non-hydrogen) atoms. The Morgan fingerprint density at radius 3 is 2.32 bits per heavy atom. The van der Waals surface area contributed by atoms with Gasteiger partial charge in [-0.05, 0) is 62.2 Å². The highest BCUT2D eigenvalue weighted by molar-refractivity contribution is 7.92. The van der Waals surface area contributed by atoms with Crippen LogP contribution in [0.4, 0.5) is 11.4 Å². The minimum Gasteiger partial charge on any atom is -0.497 e. The summed E-state index contributed by atoms with van der Waals surface area (Å²) in [5.74, 6) is 0.757. The lowest BCUT2D eigenvalue weighted by atomic mass is 10.2. The second kappa shape index (κ2) is 8.76. The predicted molar refractivity (Wildman–Crippen MR) is 104 cm³/mol. The van der Waals surface area contributed by atoms with Gasteiger partial charge in [-0.25, -0.2) is 8.42 Å². The van der Waals surface area contributed by atoms with Crippen molar-refractivity contribution in [3.8, 4) is 5.75 Å². The summed E-state index contributed by atoms with van der Waals surface area (Å²) in [6, 6.07) is 14.9. The molecular weight excluding hydrogens is 336 g/mol. The number of benzene rings is 2. The average Bonchev–Trinajstić information content (AvgIpc) is 2.62. The van der Waals surface area contributed by atoms with Gasteiger partial charge in [0.2, 0.25) is 10.0 Å². The molecule has 0 saturated heterocycles. The molecule has 0 radical (unpaired) electrons. The molecule has 2 aromatic carbocycles. The Kier molecular flexibility index (Phi) is 6.70. The van der Waals surface area contributed by atoms with Gasteiger partial charge < -0.3 is 9.64 Å². The van der Waals surface area contributed by atoms with Crippen LogP contribution in [0, 0.1) is 0 Å². The van der Waals surface area contributed by atoms with E-state index in [1.54, 1.807) is 19.2 Å². The molecule has 0 saturated carbocycles. The van der Waals surface area contributed by atoms with Crippen molar-refractivity contribution < 1.29 is 13.2 Å². The van der Waals surface area contributed by atoms with Crippen molar-refractivity contribution in [2.45, 2.75) is 20.3 Å². The van der Waals surface area contributed by atoms with Crippen LogP contribution in [0.25, 0.3) is 0 Å². The van der Waals surface area contributed by atoms with Crippen LogP contribution < -0.4 is 14.4 Å². The van der Waals surface area contributed by atoms with Gasteiger partial charge in [-0.1, -0.05) is 12.1 Å². The average molecular weight is 362 g/mol. The van der Waals surface area contributed by atoms with Crippen LogP contribution >= 0.6 is 0 Å². The van der Waals surface area contributed by atoms with Gasteiger partial charge in [0, 0.05) is 24.5 Å². The molecule has 1 N–H and O–H groups in total. The van der Waals surface area contributed by atoms with Crippen LogP contribution in [-0.2, 0) is 16.4 Å². The molecule has 2 rings (SSSR count). The van der Waals surface area contributed by atoms with Crippen LogP contribution in [0.1, 0.15) is 19.4 Å². The quantitative estimate of drug-likeness (QED) is 0.741. The standard InChI is InChI=1S/C19H26N2O3S/c1-4-21(5-2)18-11-9-17(10-12-18)20-25(22,23)14-13-16-7-6-8-19(15-16)24-3/h6-12,15,20H,4-5,13-14H2,1-3H3. The molecule has 0 bridgehead atoms. The van der Waals surface area contributed by atoms with E-state index in [1.165, 1.54) is 0 Å². The normalized spacial score (nSPS) is 11.2. The summed E-state index contributed by atoms with van der Waals surface area (Å²) < 4.78 is 32.4. The van der Waals surface area contributed by atoms with Crippen molar-refractivity contribution in [1.29, 1.82) is 0 Å². The summed E-state index contributed by atoms with van der Waals surface area (Å²) in [5.41, 5.74) is 2.60. The van der Waals surface area contributed by atoms with E-state index in [0.29, 0.717) is 12.1 Å². The number of hydrogen-bond donors (Lipinski definition) is 1. The third-order valence-electron chi connectivity index (χ3n) is 4.06. The van der Waals surface area contributed by atoms with E-state index in [-0.39, 0.29) is 5.75 Å². The fraction of sp³-hybridized carbons (Fsp3) is 0.368.